The second-order valence-electron chi connectivity index (χ2n) is 10.0. The van der Waals surface area contributed by atoms with Gasteiger partial charge in [-0.1, -0.05) is 85.3 Å². The second-order valence-corrected chi connectivity index (χ2v) is 12.3. The van der Waals surface area contributed by atoms with Gasteiger partial charge < -0.3 is 10.2 Å². The minimum absolute atomic E-state index is 0.0607. The van der Waals surface area contributed by atoms with E-state index in [0.717, 1.165) is 22.0 Å². The Labute approximate surface area is 261 Å². The maximum Gasteiger partial charge on any atom is 0.264 e. The molecule has 11 heteroatoms. The summed E-state index contributed by atoms with van der Waals surface area (Å²) in [7, 11) is -4.38. The molecule has 0 saturated heterocycles. The first-order valence-corrected chi connectivity index (χ1v) is 15.8. The van der Waals surface area contributed by atoms with Crippen LogP contribution in [0.5, 0.6) is 0 Å². The number of amides is 2. The van der Waals surface area contributed by atoms with E-state index >= 15 is 0 Å². The first-order chi connectivity index (χ1) is 21.1. The third-order valence-corrected chi connectivity index (χ3v) is 9.00. The monoisotopic (exact) mass is 639 g/mol. The number of halogens is 3. The van der Waals surface area contributed by atoms with E-state index < -0.39 is 46.1 Å². The Hall–Kier alpha value is -4.28. The van der Waals surface area contributed by atoms with Gasteiger partial charge in [0.15, 0.2) is 0 Å². The van der Waals surface area contributed by atoms with Crippen molar-refractivity contribution in [3.63, 3.8) is 0 Å². The van der Waals surface area contributed by atoms with Gasteiger partial charge in [0.2, 0.25) is 11.8 Å². The summed E-state index contributed by atoms with van der Waals surface area (Å²) < 4.78 is 57.7. The molecule has 0 aliphatic rings. The molecule has 0 unspecified atom stereocenters. The molecule has 0 aliphatic heterocycles. The lowest BCUT2D eigenvalue weighted by atomic mass is 10.0. The van der Waals surface area contributed by atoms with Crippen molar-refractivity contribution in [3.8, 4) is 0 Å². The highest BCUT2D eigenvalue weighted by Gasteiger charge is 2.35. The zero-order valence-corrected chi connectivity index (χ0v) is 25.6. The number of benzene rings is 4. The smallest absolute Gasteiger partial charge is 0.264 e. The van der Waals surface area contributed by atoms with Crippen LogP contribution in [0, 0.1) is 11.6 Å². The third-order valence-electron chi connectivity index (χ3n) is 6.92. The highest BCUT2D eigenvalue weighted by Crippen LogP contribution is 2.28. The van der Waals surface area contributed by atoms with Gasteiger partial charge in [0.25, 0.3) is 10.0 Å². The maximum atomic E-state index is 14.9. The lowest BCUT2D eigenvalue weighted by molar-refractivity contribution is -0.140. The lowest BCUT2D eigenvalue weighted by Gasteiger charge is -2.34. The molecule has 0 radical (unpaired) electrons. The van der Waals surface area contributed by atoms with E-state index in [4.69, 9.17) is 11.6 Å². The van der Waals surface area contributed by atoms with Crippen molar-refractivity contribution < 1.29 is 26.8 Å². The van der Waals surface area contributed by atoms with Crippen LogP contribution in [0.3, 0.4) is 0 Å². The zero-order valence-electron chi connectivity index (χ0n) is 24.0. The van der Waals surface area contributed by atoms with Gasteiger partial charge in [0, 0.05) is 25.1 Å². The van der Waals surface area contributed by atoms with Gasteiger partial charge in [-0.05, 0) is 48.4 Å². The molecule has 7 nitrogen and oxygen atoms in total. The van der Waals surface area contributed by atoms with E-state index in [9.17, 15) is 26.8 Å². The molecular weight excluding hydrogens is 608 g/mol. The third kappa shape index (κ3) is 8.00. The molecule has 0 spiro atoms. The van der Waals surface area contributed by atoms with E-state index in [1.807, 2.05) is 13.0 Å². The Bertz CT molecular complexity index is 1690. The van der Waals surface area contributed by atoms with Crippen LogP contribution < -0.4 is 9.62 Å². The quantitative estimate of drug-likeness (QED) is 0.195. The summed E-state index contributed by atoms with van der Waals surface area (Å²) in [6.07, 6.45) is 0.726. The molecule has 230 valence electrons. The van der Waals surface area contributed by atoms with E-state index in [1.54, 1.807) is 36.4 Å². The van der Waals surface area contributed by atoms with Crippen molar-refractivity contribution in [2.45, 2.75) is 37.2 Å². The summed E-state index contributed by atoms with van der Waals surface area (Å²) in [5.41, 5.74) is 0.827. The number of sulfonamides is 1. The Morgan fingerprint density at radius 3 is 2.14 bits per heavy atom. The van der Waals surface area contributed by atoms with Crippen molar-refractivity contribution >= 4 is 39.1 Å². The van der Waals surface area contributed by atoms with E-state index in [0.29, 0.717) is 13.0 Å². The van der Waals surface area contributed by atoms with Crippen LogP contribution in [0.1, 0.15) is 24.5 Å². The summed E-state index contributed by atoms with van der Waals surface area (Å²) in [4.78, 5) is 29.0. The molecule has 0 heterocycles. The number of rotatable bonds is 13. The van der Waals surface area contributed by atoms with Gasteiger partial charge in [-0.15, -0.1) is 0 Å². The van der Waals surface area contributed by atoms with Gasteiger partial charge in [0.05, 0.1) is 15.6 Å². The predicted octanol–water partition coefficient (Wildman–Crippen LogP) is 5.98. The van der Waals surface area contributed by atoms with Crippen molar-refractivity contribution in [3.05, 3.63) is 131 Å². The normalized spacial score (nSPS) is 11.9. The molecule has 4 aromatic carbocycles. The Morgan fingerprint density at radius 1 is 0.864 bits per heavy atom. The van der Waals surface area contributed by atoms with Gasteiger partial charge >= 0.3 is 0 Å². The second kappa shape index (κ2) is 14.9. The summed E-state index contributed by atoms with van der Waals surface area (Å²) in [5, 5.41) is 2.49. The van der Waals surface area contributed by atoms with Gasteiger partial charge in [-0.3, -0.25) is 13.9 Å². The van der Waals surface area contributed by atoms with Crippen molar-refractivity contribution in [1.82, 2.24) is 10.2 Å². The number of carbonyl (C=O) groups is 2. The van der Waals surface area contributed by atoms with Crippen molar-refractivity contribution in [1.29, 1.82) is 0 Å². The molecule has 0 aromatic heterocycles. The lowest BCUT2D eigenvalue weighted by Crippen LogP contribution is -2.53. The van der Waals surface area contributed by atoms with Crippen LogP contribution in [0.25, 0.3) is 0 Å². The first-order valence-electron chi connectivity index (χ1n) is 14.0. The van der Waals surface area contributed by atoms with E-state index in [2.05, 4.69) is 5.32 Å². The maximum absolute atomic E-state index is 14.9. The predicted molar refractivity (Wildman–Crippen MR) is 167 cm³/mol. The molecule has 4 rings (SSSR count). The molecule has 4 aromatic rings. The molecule has 1 atom stereocenters. The molecule has 2 amide bonds. The van der Waals surface area contributed by atoms with Gasteiger partial charge in [-0.25, -0.2) is 17.2 Å². The summed E-state index contributed by atoms with van der Waals surface area (Å²) >= 11 is 6.02. The number of nitrogens with zero attached hydrogens (tertiary/aromatic N) is 2. The standard InChI is InChI=1S/C33H32ClF2N3O4S/c1-2-19-37-33(41)31(20-24-11-5-3-6-12-24)38(22-25-13-9-10-16-29(25)35)32(40)23-39(26-17-18-30(36)28(34)21-26)44(42,43)27-14-7-4-8-15-27/h3-18,21,31H,2,19-20,22-23H2,1H3,(H,37,41)/t31-/m1/s1. The zero-order chi connectivity index (χ0) is 31.7. The minimum Gasteiger partial charge on any atom is -0.354 e. The average molecular weight is 640 g/mol. The average Bonchev–Trinajstić information content (AvgIpc) is 3.03. The highest BCUT2D eigenvalue weighted by atomic mass is 35.5. The van der Waals surface area contributed by atoms with Gasteiger partial charge in [0.1, 0.15) is 24.2 Å². The van der Waals surface area contributed by atoms with Crippen LogP contribution in [0.15, 0.2) is 108 Å². The SMILES string of the molecule is CCCNC(=O)[C@@H](Cc1ccccc1)N(Cc1ccccc1F)C(=O)CN(c1ccc(F)c(Cl)c1)S(=O)(=O)c1ccccc1. The molecule has 0 aliphatic carbocycles. The van der Waals surface area contributed by atoms with Crippen LogP contribution in [0.2, 0.25) is 5.02 Å². The molecule has 44 heavy (non-hydrogen) atoms. The summed E-state index contributed by atoms with van der Waals surface area (Å²) in [5.74, 6) is -2.60. The Morgan fingerprint density at radius 2 is 1.50 bits per heavy atom. The Kier molecular flexibility index (Phi) is 11.1. The highest BCUT2D eigenvalue weighted by molar-refractivity contribution is 7.92. The topological polar surface area (TPSA) is 86.8 Å². The number of hydrogen-bond donors (Lipinski definition) is 1. The van der Waals surface area contributed by atoms with E-state index in [1.165, 1.54) is 53.4 Å². The van der Waals surface area contributed by atoms with Crippen LogP contribution in [-0.2, 0) is 32.6 Å². The van der Waals surface area contributed by atoms with Crippen LogP contribution >= 0.6 is 11.6 Å². The minimum atomic E-state index is -4.38. The van der Waals surface area contributed by atoms with Crippen molar-refractivity contribution in [2.24, 2.45) is 0 Å². The molecule has 0 saturated carbocycles. The molecule has 0 fully saturated rings. The molecule has 0 bridgehead atoms. The fraction of sp³-hybridized carbons (Fsp3) is 0.212. The number of nitrogens with one attached hydrogen (secondary N) is 1. The van der Waals surface area contributed by atoms with Gasteiger partial charge in [-0.2, -0.15) is 0 Å². The molecule has 1 N–H and O–H groups in total. The summed E-state index contributed by atoms with van der Waals surface area (Å²) in [6.45, 7) is 1.13. The van der Waals surface area contributed by atoms with E-state index in [-0.39, 0.29) is 34.1 Å². The number of hydrogen-bond acceptors (Lipinski definition) is 4. The Balaban J connectivity index is 1.81. The summed E-state index contributed by atoms with van der Waals surface area (Å²) in [6, 6.07) is 24.5. The van der Waals surface area contributed by atoms with Crippen molar-refractivity contribution in [2.75, 3.05) is 17.4 Å². The van der Waals surface area contributed by atoms with Crippen LogP contribution in [-0.4, -0.2) is 44.3 Å². The first kappa shape index (κ1) is 32.6. The fourth-order valence-electron chi connectivity index (χ4n) is 4.62. The fourth-order valence-corrected chi connectivity index (χ4v) is 6.22. The number of carbonyl (C=O) groups excluding carboxylic acids is 2. The number of anilines is 1. The largest absolute Gasteiger partial charge is 0.354 e. The molecular formula is C33H32ClF2N3O4S. The van der Waals surface area contributed by atoms with Crippen LogP contribution in [0.4, 0.5) is 14.5 Å².